The summed E-state index contributed by atoms with van der Waals surface area (Å²) in [7, 11) is 0. The Morgan fingerprint density at radius 1 is 1.00 bits per heavy atom. The topological polar surface area (TPSA) is 117 Å². The molecule has 1 aliphatic heterocycles. The lowest BCUT2D eigenvalue weighted by atomic mass is 9.95. The average molecular weight is 517 g/mol. The number of pyridine rings is 1. The van der Waals surface area contributed by atoms with Crippen LogP contribution in [0.25, 0.3) is 5.76 Å². The van der Waals surface area contributed by atoms with Crippen LogP contribution in [-0.2, 0) is 15.3 Å². The van der Waals surface area contributed by atoms with Gasteiger partial charge in [-0.2, -0.15) is 0 Å². The van der Waals surface area contributed by atoms with Crippen molar-refractivity contribution >= 4 is 45.7 Å². The molecule has 1 aliphatic rings. The summed E-state index contributed by atoms with van der Waals surface area (Å²) in [5.74, 6) is -1.23. The molecule has 10 heteroatoms. The minimum absolute atomic E-state index is 0.0375. The van der Waals surface area contributed by atoms with Gasteiger partial charge in [0.15, 0.2) is 4.34 Å². The van der Waals surface area contributed by atoms with Gasteiger partial charge in [0.25, 0.3) is 5.78 Å². The number of aromatic hydroxyl groups is 1. The van der Waals surface area contributed by atoms with Crippen LogP contribution < -0.4 is 4.90 Å². The number of rotatable bonds is 6. The van der Waals surface area contributed by atoms with E-state index in [2.05, 4.69) is 15.2 Å². The van der Waals surface area contributed by atoms with Crippen LogP contribution in [0.2, 0.25) is 0 Å². The summed E-state index contributed by atoms with van der Waals surface area (Å²) in [5, 5.41) is 29.5. The Kier molecular flexibility index (Phi) is 6.53. The van der Waals surface area contributed by atoms with Crippen molar-refractivity contribution in [2.24, 2.45) is 0 Å². The molecular formula is C26H20N4O4S2. The molecule has 180 valence electrons. The highest BCUT2D eigenvalue weighted by molar-refractivity contribution is 8.00. The second-order valence-corrected chi connectivity index (χ2v) is 10.3. The molecule has 1 amide bonds. The molecule has 0 aliphatic carbocycles. The lowest BCUT2D eigenvalue weighted by molar-refractivity contribution is -0.132. The van der Waals surface area contributed by atoms with Crippen LogP contribution in [-0.4, -0.2) is 37.1 Å². The van der Waals surface area contributed by atoms with Crippen molar-refractivity contribution in [3.05, 3.63) is 101 Å². The van der Waals surface area contributed by atoms with Crippen LogP contribution in [0.3, 0.4) is 0 Å². The first kappa shape index (κ1) is 23.7. The molecule has 1 saturated heterocycles. The van der Waals surface area contributed by atoms with Gasteiger partial charge in [-0.1, -0.05) is 65.1 Å². The number of anilines is 1. The molecule has 0 spiro atoms. The number of hydrogen-bond acceptors (Lipinski definition) is 9. The van der Waals surface area contributed by atoms with Crippen LogP contribution >= 0.6 is 23.1 Å². The monoisotopic (exact) mass is 516 g/mol. The number of aryl methyl sites for hydroxylation is 1. The molecular weight excluding hydrogens is 496 g/mol. The van der Waals surface area contributed by atoms with E-state index in [0.717, 1.165) is 5.56 Å². The number of phenolic OH excluding ortho intramolecular Hbond substituents is 1. The Bertz CT molecular complexity index is 1450. The summed E-state index contributed by atoms with van der Waals surface area (Å²) in [4.78, 5) is 31.6. The summed E-state index contributed by atoms with van der Waals surface area (Å²) in [6, 6.07) is 16.5. The van der Waals surface area contributed by atoms with Crippen molar-refractivity contribution in [1.29, 1.82) is 0 Å². The number of amides is 1. The predicted octanol–water partition coefficient (Wildman–Crippen LogP) is 4.87. The second-order valence-electron chi connectivity index (χ2n) is 8.12. The van der Waals surface area contributed by atoms with Crippen molar-refractivity contribution in [3.8, 4) is 5.75 Å². The predicted molar refractivity (Wildman–Crippen MR) is 138 cm³/mol. The first-order valence-corrected chi connectivity index (χ1v) is 12.7. The fourth-order valence-electron chi connectivity index (χ4n) is 3.85. The average Bonchev–Trinajstić information content (AvgIpc) is 3.46. The van der Waals surface area contributed by atoms with Crippen LogP contribution in [0.4, 0.5) is 5.13 Å². The normalized spacial score (nSPS) is 17.0. The van der Waals surface area contributed by atoms with Crippen molar-refractivity contribution in [2.45, 2.75) is 23.1 Å². The zero-order chi connectivity index (χ0) is 25.2. The number of aliphatic hydroxyl groups excluding tert-OH is 1. The molecule has 5 rings (SSSR count). The van der Waals surface area contributed by atoms with Gasteiger partial charge >= 0.3 is 5.91 Å². The first-order valence-electron chi connectivity index (χ1n) is 10.9. The van der Waals surface area contributed by atoms with Gasteiger partial charge in [-0.25, -0.2) is 0 Å². The van der Waals surface area contributed by atoms with Gasteiger partial charge in [-0.05, 0) is 42.3 Å². The number of aromatic nitrogens is 3. The number of nitrogens with zero attached hydrogens (tertiary/aromatic N) is 4. The molecule has 4 aromatic rings. The van der Waals surface area contributed by atoms with Gasteiger partial charge < -0.3 is 10.2 Å². The minimum atomic E-state index is -0.943. The van der Waals surface area contributed by atoms with Crippen molar-refractivity contribution in [1.82, 2.24) is 15.2 Å². The summed E-state index contributed by atoms with van der Waals surface area (Å²) in [6.07, 6.45) is 2.98. The zero-order valence-corrected chi connectivity index (χ0v) is 20.7. The van der Waals surface area contributed by atoms with E-state index in [9.17, 15) is 19.8 Å². The fourth-order valence-corrected chi connectivity index (χ4v) is 5.68. The minimum Gasteiger partial charge on any atom is -0.508 e. The van der Waals surface area contributed by atoms with Gasteiger partial charge in [0.1, 0.15) is 11.5 Å². The number of phenols is 1. The number of thioether (sulfide) groups is 1. The van der Waals surface area contributed by atoms with Crippen LogP contribution in [0, 0.1) is 6.92 Å². The van der Waals surface area contributed by atoms with Gasteiger partial charge in [-0.15, -0.1) is 10.2 Å². The maximum Gasteiger partial charge on any atom is 0.301 e. The molecule has 1 fully saturated rings. The van der Waals surface area contributed by atoms with E-state index in [4.69, 9.17) is 0 Å². The Morgan fingerprint density at radius 3 is 2.39 bits per heavy atom. The molecule has 36 heavy (non-hydrogen) atoms. The molecule has 8 nitrogen and oxygen atoms in total. The Morgan fingerprint density at radius 2 is 1.69 bits per heavy atom. The Hall–Kier alpha value is -4.02. The maximum atomic E-state index is 13.2. The standard InChI is InChI=1S/C26H20N4O4S2/c1-15-2-4-16(5-3-15)14-35-26-29-28-25(36-26)30-21(17-6-8-19(31)9-7-17)20(23(33)24(30)34)22(32)18-10-12-27-13-11-18/h2-13,21,31-32H,14H2,1H3. The molecule has 0 radical (unpaired) electrons. The van der Waals surface area contributed by atoms with E-state index < -0.39 is 17.7 Å². The number of hydrogen-bond donors (Lipinski definition) is 2. The molecule has 3 heterocycles. The number of Topliss-reactive ketones (excluding diaryl/α,β-unsaturated/α-hetero) is 1. The zero-order valence-electron chi connectivity index (χ0n) is 19.0. The molecule has 0 saturated carbocycles. The summed E-state index contributed by atoms with van der Waals surface area (Å²) in [6.45, 7) is 2.03. The first-order chi connectivity index (χ1) is 17.4. The lowest BCUT2D eigenvalue weighted by Crippen LogP contribution is -2.29. The van der Waals surface area contributed by atoms with Crippen molar-refractivity contribution in [2.75, 3.05) is 4.90 Å². The van der Waals surface area contributed by atoms with Gasteiger partial charge in [0, 0.05) is 23.7 Å². The Labute approximate surface area is 215 Å². The van der Waals surface area contributed by atoms with E-state index in [-0.39, 0.29) is 22.2 Å². The lowest BCUT2D eigenvalue weighted by Gasteiger charge is -2.22. The Balaban J connectivity index is 1.52. The van der Waals surface area contributed by atoms with E-state index in [0.29, 0.717) is 21.2 Å². The number of carbonyl (C=O) groups excluding carboxylic acids is 2. The molecule has 1 unspecified atom stereocenters. The number of ketones is 1. The smallest absolute Gasteiger partial charge is 0.301 e. The molecule has 2 aromatic carbocycles. The summed E-state index contributed by atoms with van der Waals surface area (Å²) < 4.78 is 0.645. The fraction of sp³-hybridized carbons (Fsp3) is 0.115. The van der Waals surface area contributed by atoms with Gasteiger partial charge in [0.05, 0.1) is 11.6 Å². The third-order valence-electron chi connectivity index (χ3n) is 5.69. The number of aliphatic hydroxyl groups is 1. The summed E-state index contributed by atoms with van der Waals surface area (Å²) in [5.41, 5.74) is 3.13. The quantitative estimate of drug-likeness (QED) is 0.123. The highest BCUT2D eigenvalue weighted by atomic mass is 32.2. The molecule has 1 atom stereocenters. The SMILES string of the molecule is Cc1ccc(CSc2nnc(N3C(=O)C(=O)C(=C(O)c4ccncc4)C3c3ccc(O)cc3)s2)cc1. The van der Waals surface area contributed by atoms with Gasteiger partial charge in [-0.3, -0.25) is 19.5 Å². The van der Waals surface area contributed by atoms with E-state index in [1.54, 1.807) is 24.3 Å². The third kappa shape index (κ3) is 4.60. The molecule has 2 N–H and O–H groups in total. The van der Waals surface area contributed by atoms with Crippen molar-refractivity contribution in [3.63, 3.8) is 0 Å². The van der Waals surface area contributed by atoms with E-state index in [1.807, 2.05) is 31.2 Å². The molecule has 2 aromatic heterocycles. The van der Waals surface area contributed by atoms with Crippen LogP contribution in [0.1, 0.15) is 28.3 Å². The van der Waals surface area contributed by atoms with E-state index >= 15 is 0 Å². The van der Waals surface area contributed by atoms with Crippen molar-refractivity contribution < 1.29 is 19.8 Å². The van der Waals surface area contributed by atoms with Crippen LogP contribution in [0.5, 0.6) is 5.75 Å². The van der Waals surface area contributed by atoms with E-state index in [1.165, 1.54) is 58.1 Å². The number of carbonyl (C=O) groups is 2. The largest absolute Gasteiger partial charge is 0.508 e. The third-order valence-corrected chi connectivity index (χ3v) is 7.82. The van der Waals surface area contributed by atoms with Gasteiger partial charge in [0.2, 0.25) is 5.13 Å². The van der Waals surface area contributed by atoms with Crippen LogP contribution in [0.15, 0.2) is 83.0 Å². The molecule has 0 bridgehead atoms. The second kappa shape index (κ2) is 9.92. The highest BCUT2D eigenvalue weighted by Crippen LogP contribution is 2.44. The summed E-state index contributed by atoms with van der Waals surface area (Å²) >= 11 is 2.68. The number of benzene rings is 2. The maximum absolute atomic E-state index is 13.2. The highest BCUT2D eigenvalue weighted by Gasteiger charge is 2.48.